The molecule has 18 heavy (non-hydrogen) atoms. The summed E-state index contributed by atoms with van der Waals surface area (Å²) in [6, 6.07) is 0. The van der Waals surface area contributed by atoms with Gasteiger partial charge in [-0.2, -0.15) is 0 Å². The Labute approximate surface area is 108 Å². The minimum atomic E-state index is -0.974. The van der Waals surface area contributed by atoms with Gasteiger partial charge in [-0.1, -0.05) is 19.0 Å². The van der Waals surface area contributed by atoms with Crippen molar-refractivity contribution in [3.63, 3.8) is 0 Å². The fourth-order valence-corrected chi connectivity index (χ4v) is 1.82. The van der Waals surface area contributed by atoms with Gasteiger partial charge >= 0.3 is 0 Å². The van der Waals surface area contributed by atoms with Crippen LogP contribution >= 0.6 is 0 Å². The van der Waals surface area contributed by atoms with Crippen LogP contribution in [0, 0.1) is 11.8 Å². The number of rotatable bonds is 6. The molecule has 0 aromatic rings. The van der Waals surface area contributed by atoms with E-state index in [9.17, 15) is 9.90 Å². The second-order valence-corrected chi connectivity index (χ2v) is 5.41. The maximum atomic E-state index is 12.3. The monoisotopic (exact) mass is 259 g/mol. The average molecular weight is 259 g/mol. The van der Waals surface area contributed by atoms with Crippen molar-refractivity contribution >= 4 is 11.7 Å². The molecule has 0 aromatic heterocycles. The van der Waals surface area contributed by atoms with Crippen molar-refractivity contribution in [2.75, 3.05) is 13.1 Å². The predicted molar refractivity (Wildman–Crippen MR) is 70.3 cm³/mol. The molecule has 0 fully saturated rings. The number of carbonyl (C=O) groups excluding carboxylic acids is 1. The molecule has 0 bridgehead atoms. The van der Waals surface area contributed by atoms with Crippen LogP contribution in [0.15, 0.2) is 5.16 Å². The number of amides is 1. The number of hydrogen-bond donors (Lipinski definition) is 3. The van der Waals surface area contributed by atoms with Crippen LogP contribution in [-0.4, -0.2) is 45.6 Å². The fraction of sp³-hybridized carbons (Fsp3) is 0.833. The summed E-state index contributed by atoms with van der Waals surface area (Å²) in [5.74, 6) is -1.07. The molecule has 0 radical (unpaired) electrons. The fourth-order valence-electron chi connectivity index (χ4n) is 1.82. The lowest BCUT2D eigenvalue weighted by Gasteiger charge is -2.32. The van der Waals surface area contributed by atoms with Crippen LogP contribution in [0.4, 0.5) is 0 Å². The first-order chi connectivity index (χ1) is 8.14. The zero-order valence-corrected chi connectivity index (χ0v) is 11.8. The molecule has 0 aliphatic carbocycles. The highest BCUT2D eigenvalue weighted by Crippen LogP contribution is 2.16. The molecule has 0 rings (SSSR count). The molecule has 106 valence electrons. The van der Waals surface area contributed by atoms with Gasteiger partial charge in [0.05, 0.1) is 5.60 Å². The van der Waals surface area contributed by atoms with E-state index in [0.29, 0.717) is 6.54 Å². The summed E-state index contributed by atoms with van der Waals surface area (Å²) in [4.78, 5) is 13.9. The third-order valence-corrected chi connectivity index (χ3v) is 2.64. The third-order valence-electron chi connectivity index (χ3n) is 2.64. The Kier molecular flexibility index (Phi) is 6.11. The summed E-state index contributed by atoms with van der Waals surface area (Å²) in [7, 11) is 0. The lowest BCUT2D eigenvalue weighted by Crippen LogP contribution is -2.48. The predicted octanol–water partition coefficient (Wildman–Crippen LogP) is 0.624. The van der Waals surface area contributed by atoms with Gasteiger partial charge in [0.2, 0.25) is 5.91 Å². The van der Waals surface area contributed by atoms with Gasteiger partial charge in [-0.25, -0.2) is 0 Å². The normalized spacial score (nSPS) is 14.7. The molecule has 0 aliphatic rings. The molecule has 4 N–H and O–H groups in total. The molecular weight excluding hydrogens is 234 g/mol. The summed E-state index contributed by atoms with van der Waals surface area (Å²) in [5, 5.41) is 21.4. The van der Waals surface area contributed by atoms with Crippen LogP contribution < -0.4 is 5.73 Å². The van der Waals surface area contributed by atoms with Crippen molar-refractivity contribution in [3.8, 4) is 0 Å². The number of amidine groups is 1. The number of carbonyl (C=O) groups is 1. The number of nitrogens with two attached hydrogens (primary N) is 1. The number of nitrogens with zero attached hydrogens (tertiary/aromatic N) is 2. The summed E-state index contributed by atoms with van der Waals surface area (Å²) in [6.07, 6.45) is 0. The van der Waals surface area contributed by atoms with Crippen molar-refractivity contribution in [2.45, 2.75) is 40.2 Å². The van der Waals surface area contributed by atoms with Gasteiger partial charge in [0.1, 0.15) is 5.92 Å². The van der Waals surface area contributed by atoms with Crippen molar-refractivity contribution in [1.29, 1.82) is 0 Å². The summed E-state index contributed by atoms with van der Waals surface area (Å²) >= 11 is 0. The first kappa shape index (κ1) is 16.7. The van der Waals surface area contributed by atoms with Crippen LogP contribution in [0.1, 0.15) is 34.6 Å². The van der Waals surface area contributed by atoms with Gasteiger partial charge in [-0.05, 0) is 26.7 Å². The van der Waals surface area contributed by atoms with Crippen LogP contribution in [0.25, 0.3) is 0 Å². The van der Waals surface area contributed by atoms with Gasteiger partial charge in [0.25, 0.3) is 0 Å². The molecule has 0 aromatic carbocycles. The van der Waals surface area contributed by atoms with Gasteiger partial charge in [0.15, 0.2) is 5.84 Å². The molecule has 1 amide bonds. The van der Waals surface area contributed by atoms with E-state index in [0.717, 1.165) is 0 Å². The lowest BCUT2D eigenvalue weighted by atomic mass is 9.92. The SMILES string of the molecule is CCN(CC(C)(C)O)C(=O)C(C(N)=NO)C(C)C. The Morgan fingerprint density at radius 3 is 2.22 bits per heavy atom. The van der Waals surface area contributed by atoms with Gasteiger partial charge in [0, 0.05) is 13.1 Å². The molecule has 6 nitrogen and oxygen atoms in total. The minimum Gasteiger partial charge on any atom is -0.409 e. The molecule has 0 spiro atoms. The molecule has 6 heteroatoms. The van der Waals surface area contributed by atoms with E-state index in [1.165, 1.54) is 4.90 Å². The van der Waals surface area contributed by atoms with Crippen molar-refractivity contribution in [3.05, 3.63) is 0 Å². The highest BCUT2D eigenvalue weighted by Gasteiger charge is 2.32. The average Bonchev–Trinajstić information content (AvgIpc) is 2.23. The second kappa shape index (κ2) is 6.58. The Morgan fingerprint density at radius 1 is 1.44 bits per heavy atom. The lowest BCUT2D eigenvalue weighted by molar-refractivity contribution is -0.137. The number of aliphatic hydroxyl groups is 1. The van der Waals surface area contributed by atoms with Crippen molar-refractivity contribution in [2.24, 2.45) is 22.7 Å². The molecule has 1 unspecified atom stereocenters. The zero-order chi connectivity index (χ0) is 14.5. The van der Waals surface area contributed by atoms with Crippen molar-refractivity contribution < 1.29 is 15.1 Å². The van der Waals surface area contributed by atoms with E-state index in [1.54, 1.807) is 13.8 Å². The number of likely N-dealkylation sites (N-methyl/N-ethyl adjacent to an activating group) is 1. The van der Waals surface area contributed by atoms with E-state index >= 15 is 0 Å². The maximum Gasteiger partial charge on any atom is 0.233 e. The zero-order valence-electron chi connectivity index (χ0n) is 11.8. The second-order valence-electron chi connectivity index (χ2n) is 5.41. The minimum absolute atomic E-state index is 0.0794. The topological polar surface area (TPSA) is 99.2 Å². The van der Waals surface area contributed by atoms with Gasteiger partial charge in [-0.3, -0.25) is 4.79 Å². The van der Waals surface area contributed by atoms with E-state index in [4.69, 9.17) is 10.9 Å². The van der Waals surface area contributed by atoms with Crippen LogP contribution in [-0.2, 0) is 4.79 Å². The standard InChI is InChI=1S/C12H25N3O3/c1-6-15(7-12(4,5)17)11(16)9(8(2)3)10(13)14-18/h8-9,17-18H,6-7H2,1-5H3,(H2,13,14). The van der Waals surface area contributed by atoms with E-state index < -0.39 is 11.5 Å². The largest absolute Gasteiger partial charge is 0.409 e. The number of oxime groups is 1. The van der Waals surface area contributed by atoms with Crippen LogP contribution in [0.2, 0.25) is 0 Å². The molecule has 0 saturated carbocycles. The molecule has 0 aliphatic heterocycles. The highest BCUT2D eigenvalue weighted by atomic mass is 16.4. The van der Waals surface area contributed by atoms with Crippen LogP contribution in [0.3, 0.4) is 0 Å². The van der Waals surface area contributed by atoms with Crippen LogP contribution in [0.5, 0.6) is 0 Å². The Bertz CT molecular complexity index is 308. The maximum absolute atomic E-state index is 12.3. The Morgan fingerprint density at radius 2 is 1.94 bits per heavy atom. The molecular formula is C12H25N3O3. The van der Waals surface area contributed by atoms with Gasteiger partial charge < -0.3 is 20.9 Å². The van der Waals surface area contributed by atoms with E-state index in [-0.39, 0.29) is 24.2 Å². The Hall–Kier alpha value is -1.30. The quantitative estimate of drug-likeness (QED) is 0.282. The molecule has 0 heterocycles. The van der Waals surface area contributed by atoms with E-state index in [1.807, 2.05) is 20.8 Å². The smallest absolute Gasteiger partial charge is 0.233 e. The third kappa shape index (κ3) is 4.91. The summed E-state index contributed by atoms with van der Waals surface area (Å²) in [6.45, 7) is 9.44. The first-order valence-electron chi connectivity index (χ1n) is 6.12. The number of hydrogen-bond acceptors (Lipinski definition) is 4. The highest BCUT2D eigenvalue weighted by molar-refractivity contribution is 6.02. The summed E-state index contributed by atoms with van der Waals surface area (Å²) in [5.41, 5.74) is 4.59. The molecule has 0 saturated heterocycles. The molecule has 1 atom stereocenters. The Balaban J connectivity index is 5.05. The van der Waals surface area contributed by atoms with Gasteiger partial charge in [-0.15, -0.1) is 0 Å². The first-order valence-corrected chi connectivity index (χ1v) is 6.12. The van der Waals surface area contributed by atoms with Crippen molar-refractivity contribution in [1.82, 2.24) is 4.90 Å². The summed E-state index contributed by atoms with van der Waals surface area (Å²) < 4.78 is 0. The van der Waals surface area contributed by atoms with E-state index in [2.05, 4.69) is 5.16 Å².